The van der Waals surface area contributed by atoms with Crippen LogP contribution in [-0.4, -0.2) is 29.5 Å². The van der Waals surface area contributed by atoms with Gasteiger partial charge in [-0.15, -0.1) is 11.8 Å². The fourth-order valence-corrected chi connectivity index (χ4v) is 2.86. The monoisotopic (exact) mass is 375 g/mol. The number of benzene rings is 2. The Hall–Kier alpha value is -2.67. The minimum atomic E-state index is -1.12. The van der Waals surface area contributed by atoms with Crippen molar-refractivity contribution in [1.29, 1.82) is 0 Å². The molecule has 0 saturated carbocycles. The quantitative estimate of drug-likeness (QED) is 0.590. The van der Waals surface area contributed by atoms with Crippen LogP contribution in [0.4, 0.5) is 10.1 Å². The molecule has 1 atom stereocenters. The third-order valence-corrected chi connectivity index (χ3v) is 4.54. The van der Waals surface area contributed by atoms with Gasteiger partial charge in [-0.05, 0) is 38.1 Å². The van der Waals surface area contributed by atoms with Crippen molar-refractivity contribution in [3.63, 3.8) is 0 Å². The van der Waals surface area contributed by atoms with Crippen LogP contribution in [0.3, 0.4) is 0 Å². The Balaban J connectivity index is 2.04. The lowest BCUT2D eigenvalue weighted by Crippen LogP contribution is -2.30. The van der Waals surface area contributed by atoms with E-state index in [0.717, 1.165) is 0 Å². The highest BCUT2D eigenvalue weighted by Gasteiger charge is 2.21. The van der Waals surface area contributed by atoms with E-state index in [0.29, 0.717) is 4.90 Å². The summed E-state index contributed by atoms with van der Waals surface area (Å²) in [5.41, 5.74) is 0.280. The van der Waals surface area contributed by atoms with Gasteiger partial charge < -0.3 is 10.1 Å². The maximum Gasteiger partial charge on any atom is 0.340 e. The lowest BCUT2D eigenvalue weighted by molar-refractivity contribution is -0.123. The average molecular weight is 375 g/mol. The maximum atomic E-state index is 13.6. The lowest BCUT2D eigenvalue weighted by atomic mass is 10.2. The van der Waals surface area contributed by atoms with Crippen molar-refractivity contribution in [3.05, 3.63) is 59.9 Å². The molecule has 136 valence electrons. The first-order valence-electron chi connectivity index (χ1n) is 7.86. The zero-order chi connectivity index (χ0) is 19.1. The summed E-state index contributed by atoms with van der Waals surface area (Å²) < 4.78 is 18.8. The van der Waals surface area contributed by atoms with Gasteiger partial charge in [0.1, 0.15) is 11.6 Å². The molecule has 0 aliphatic carbocycles. The molecule has 0 fully saturated rings. The summed E-state index contributed by atoms with van der Waals surface area (Å²) in [7, 11) is 0. The molecule has 0 spiro atoms. The number of ether oxygens (including phenoxy) is 1. The number of carbonyl (C=O) groups is 3. The molecule has 0 aromatic heterocycles. The van der Waals surface area contributed by atoms with Crippen LogP contribution in [0.15, 0.2) is 53.4 Å². The molecule has 0 aliphatic rings. The minimum absolute atomic E-state index is 0.0119. The Morgan fingerprint density at radius 3 is 2.46 bits per heavy atom. The van der Waals surface area contributed by atoms with E-state index in [1.54, 1.807) is 30.3 Å². The van der Waals surface area contributed by atoms with E-state index >= 15 is 0 Å². The minimum Gasteiger partial charge on any atom is -0.449 e. The van der Waals surface area contributed by atoms with E-state index in [2.05, 4.69) is 5.32 Å². The van der Waals surface area contributed by atoms with Crippen molar-refractivity contribution in [2.75, 3.05) is 11.1 Å². The number of rotatable bonds is 7. The molecule has 0 aliphatic heterocycles. The summed E-state index contributed by atoms with van der Waals surface area (Å²) in [6, 6.07) is 12.4. The molecule has 1 N–H and O–H groups in total. The largest absolute Gasteiger partial charge is 0.449 e. The number of anilines is 1. The predicted octanol–water partition coefficient (Wildman–Crippen LogP) is 3.69. The number of hydrogen-bond donors (Lipinski definition) is 1. The highest BCUT2D eigenvalue weighted by molar-refractivity contribution is 8.00. The van der Waals surface area contributed by atoms with Crippen molar-refractivity contribution in [1.82, 2.24) is 0 Å². The van der Waals surface area contributed by atoms with Crippen LogP contribution in [0.2, 0.25) is 0 Å². The predicted molar refractivity (Wildman–Crippen MR) is 97.8 cm³/mol. The number of esters is 1. The number of carbonyl (C=O) groups excluding carboxylic acids is 3. The third-order valence-electron chi connectivity index (χ3n) is 3.32. The van der Waals surface area contributed by atoms with Crippen LogP contribution in [-0.2, 0) is 14.3 Å². The third kappa shape index (κ3) is 5.42. The second-order valence-corrected chi connectivity index (χ2v) is 6.52. The summed E-state index contributed by atoms with van der Waals surface area (Å²) >= 11 is 1.22. The highest BCUT2D eigenvalue weighted by Crippen LogP contribution is 2.24. The SMILES string of the molecule is CC(=O)CSc1ccccc1C(=O)O[C@@H](C)C(=O)Nc1ccccc1F. The fourth-order valence-electron chi connectivity index (χ4n) is 2.02. The first kappa shape index (κ1) is 19.7. The van der Waals surface area contributed by atoms with Crippen LogP contribution in [0.5, 0.6) is 0 Å². The molecule has 26 heavy (non-hydrogen) atoms. The van der Waals surface area contributed by atoms with E-state index in [4.69, 9.17) is 4.74 Å². The van der Waals surface area contributed by atoms with E-state index < -0.39 is 23.8 Å². The van der Waals surface area contributed by atoms with Gasteiger partial charge in [-0.3, -0.25) is 9.59 Å². The number of thioether (sulfide) groups is 1. The van der Waals surface area contributed by atoms with Gasteiger partial charge in [0.25, 0.3) is 5.91 Å². The molecule has 1 amide bonds. The highest BCUT2D eigenvalue weighted by atomic mass is 32.2. The number of nitrogens with one attached hydrogen (secondary N) is 1. The van der Waals surface area contributed by atoms with Gasteiger partial charge in [-0.25, -0.2) is 9.18 Å². The zero-order valence-corrected chi connectivity index (χ0v) is 15.1. The van der Waals surface area contributed by atoms with E-state index in [1.165, 1.54) is 43.8 Å². The number of amides is 1. The molecule has 0 saturated heterocycles. The maximum absolute atomic E-state index is 13.6. The smallest absolute Gasteiger partial charge is 0.340 e. The van der Waals surface area contributed by atoms with Gasteiger partial charge >= 0.3 is 5.97 Å². The van der Waals surface area contributed by atoms with Gasteiger partial charge in [0.15, 0.2) is 6.10 Å². The number of halogens is 1. The molecule has 2 rings (SSSR count). The summed E-state index contributed by atoms with van der Waals surface area (Å²) in [5, 5.41) is 2.38. The molecule has 0 unspecified atom stereocenters. The number of Topliss-reactive ketones (excluding diaryl/α,β-unsaturated/α-hetero) is 1. The molecule has 2 aromatic carbocycles. The van der Waals surface area contributed by atoms with Gasteiger partial charge in [0.05, 0.1) is 17.0 Å². The van der Waals surface area contributed by atoms with Crippen LogP contribution in [0.1, 0.15) is 24.2 Å². The summed E-state index contributed by atoms with van der Waals surface area (Å²) in [4.78, 5) is 36.2. The van der Waals surface area contributed by atoms with Crippen LogP contribution in [0.25, 0.3) is 0 Å². The standard InChI is InChI=1S/C19H18FNO4S/c1-12(22)11-26-17-10-6-3-7-14(17)19(24)25-13(2)18(23)21-16-9-5-4-8-15(16)20/h3-10,13H,11H2,1-2H3,(H,21,23)/t13-/m0/s1. The molecule has 7 heteroatoms. The van der Waals surface area contributed by atoms with E-state index in [1.807, 2.05) is 0 Å². The molecule has 5 nitrogen and oxygen atoms in total. The van der Waals surface area contributed by atoms with Gasteiger partial charge in [0.2, 0.25) is 0 Å². The first-order valence-corrected chi connectivity index (χ1v) is 8.84. The number of ketones is 1. The Bertz CT molecular complexity index is 825. The van der Waals surface area contributed by atoms with Crippen molar-refractivity contribution >= 4 is 35.1 Å². The Morgan fingerprint density at radius 1 is 1.12 bits per heavy atom. The van der Waals surface area contributed by atoms with Crippen molar-refractivity contribution in [3.8, 4) is 0 Å². The average Bonchev–Trinajstić information content (AvgIpc) is 2.62. The number of hydrogen-bond acceptors (Lipinski definition) is 5. The summed E-state index contributed by atoms with van der Waals surface area (Å²) in [5.74, 6) is -1.69. The molecule has 0 bridgehead atoms. The zero-order valence-electron chi connectivity index (χ0n) is 14.3. The Morgan fingerprint density at radius 2 is 1.77 bits per heavy atom. The van der Waals surface area contributed by atoms with E-state index in [-0.39, 0.29) is 22.8 Å². The molecule has 2 aromatic rings. The second-order valence-electron chi connectivity index (χ2n) is 5.50. The first-order chi connectivity index (χ1) is 12.4. The Labute approximate surface area is 154 Å². The summed E-state index contributed by atoms with van der Waals surface area (Å²) in [6.45, 7) is 2.86. The lowest BCUT2D eigenvalue weighted by Gasteiger charge is -2.15. The van der Waals surface area contributed by atoms with Crippen LogP contribution in [0, 0.1) is 5.82 Å². The molecular weight excluding hydrogens is 357 g/mol. The number of para-hydroxylation sites is 1. The van der Waals surface area contributed by atoms with Crippen LogP contribution >= 0.6 is 11.8 Å². The second kappa shape index (κ2) is 9.15. The molecular formula is C19H18FNO4S. The summed E-state index contributed by atoms with van der Waals surface area (Å²) in [6.07, 6.45) is -1.12. The van der Waals surface area contributed by atoms with E-state index in [9.17, 15) is 18.8 Å². The fraction of sp³-hybridized carbons (Fsp3) is 0.211. The molecule has 0 radical (unpaired) electrons. The normalized spacial score (nSPS) is 11.5. The van der Waals surface area contributed by atoms with Gasteiger partial charge in [0, 0.05) is 4.90 Å². The molecule has 0 heterocycles. The van der Waals surface area contributed by atoms with Crippen molar-refractivity contribution < 1.29 is 23.5 Å². The topological polar surface area (TPSA) is 72.5 Å². The van der Waals surface area contributed by atoms with Gasteiger partial charge in [-0.2, -0.15) is 0 Å². The van der Waals surface area contributed by atoms with Crippen molar-refractivity contribution in [2.24, 2.45) is 0 Å². The van der Waals surface area contributed by atoms with Gasteiger partial charge in [-0.1, -0.05) is 24.3 Å². The van der Waals surface area contributed by atoms with Crippen molar-refractivity contribution in [2.45, 2.75) is 24.8 Å². The van der Waals surface area contributed by atoms with Crippen LogP contribution < -0.4 is 5.32 Å². The Kier molecular flexibility index (Phi) is 6.91.